The predicted octanol–water partition coefficient (Wildman–Crippen LogP) is 3.11. The number of carboxylic acids is 1. The molecule has 2 amide bonds. The number of carboxylic acid groups (broad SMARTS) is 1. The molecule has 2 rings (SSSR count). The zero-order valence-corrected chi connectivity index (χ0v) is 12.8. The van der Waals surface area contributed by atoms with Gasteiger partial charge in [0.1, 0.15) is 5.69 Å². The van der Waals surface area contributed by atoms with Crippen LogP contribution >= 0.6 is 15.9 Å². The van der Waals surface area contributed by atoms with Crippen LogP contribution in [0.3, 0.4) is 0 Å². The van der Waals surface area contributed by atoms with Gasteiger partial charge in [0.2, 0.25) is 0 Å². The third kappa shape index (κ3) is 4.09. The number of halogens is 1. The Morgan fingerprint density at radius 2 is 2.10 bits per heavy atom. The van der Waals surface area contributed by atoms with Gasteiger partial charge in [0, 0.05) is 16.7 Å². The molecular formula is C14H14BrN3O3. The highest BCUT2D eigenvalue weighted by atomic mass is 79.9. The maximum atomic E-state index is 11.8. The Kier molecular flexibility index (Phi) is 4.64. The molecule has 4 N–H and O–H groups in total. The smallest absolute Gasteiger partial charge is 0.354 e. The van der Waals surface area contributed by atoms with Crippen molar-refractivity contribution < 1.29 is 14.7 Å². The van der Waals surface area contributed by atoms with Gasteiger partial charge in [-0.15, -0.1) is 0 Å². The average molecular weight is 352 g/mol. The van der Waals surface area contributed by atoms with Gasteiger partial charge < -0.3 is 20.7 Å². The molecule has 2 aromatic rings. The van der Waals surface area contributed by atoms with E-state index in [4.69, 9.17) is 5.11 Å². The molecule has 0 unspecified atom stereocenters. The van der Waals surface area contributed by atoms with Crippen LogP contribution in [-0.2, 0) is 6.54 Å². The van der Waals surface area contributed by atoms with Crippen LogP contribution in [0.4, 0.5) is 10.5 Å². The number of aryl methyl sites for hydroxylation is 1. The molecule has 0 saturated heterocycles. The molecule has 0 saturated carbocycles. The summed E-state index contributed by atoms with van der Waals surface area (Å²) >= 11 is 3.35. The maximum Gasteiger partial charge on any atom is 0.354 e. The van der Waals surface area contributed by atoms with Gasteiger partial charge in [-0.05, 0) is 30.7 Å². The van der Waals surface area contributed by atoms with Crippen molar-refractivity contribution in [3.63, 3.8) is 0 Å². The molecule has 110 valence electrons. The van der Waals surface area contributed by atoms with E-state index in [9.17, 15) is 9.59 Å². The number of amides is 2. The summed E-state index contributed by atoms with van der Waals surface area (Å²) in [6, 6.07) is 8.65. The summed E-state index contributed by atoms with van der Waals surface area (Å²) in [5.41, 5.74) is 1.80. The van der Waals surface area contributed by atoms with Crippen molar-refractivity contribution in [2.45, 2.75) is 13.5 Å². The number of aromatic carboxylic acids is 1. The monoisotopic (exact) mass is 351 g/mol. The molecule has 0 spiro atoms. The molecule has 1 aromatic heterocycles. The number of hydrogen-bond acceptors (Lipinski definition) is 2. The zero-order valence-electron chi connectivity index (χ0n) is 11.2. The van der Waals surface area contributed by atoms with E-state index < -0.39 is 12.0 Å². The lowest BCUT2D eigenvalue weighted by atomic mass is 10.2. The number of aromatic amines is 1. The minimum Gasteiger partial charge on any atom is -0.477 e. The molecule has 1 heterocycles. The molecule has 0 aliphatic heterocycles. The second kappa shape index (κ2) is 6.45. The van der Waals surface area contributed by atoms with Crippen LogP contribution in [0.1, 0.15) is 21.7 Å². The summed E-state index contributed by atoms with van der Waals surface area (Å²) in [6.45, 7) is 2.06. The molecule has 7 heteroatoms. The molecule has 6 nitrogen and oxygen atoms in total. The fraction of sp³-hybridized carbons (Fsp3) is 0.143. The second-order valence-electron chi connectivity index (χ2n) is 4.48. The van der Waals surface area contributed by atoms with Crippen molar-refractivity contribution in [2.75, 3.05) is 5.32 Å². The standard InChI is InChI=1S/C14H14BrN3O3/c1-8-5-11(12(17-8)13(19)20)18-14(21)16-7-9-3-2-4-10(15)6-9/h2-6,17H,7H2,1H3,(H,19,20)(H2,16,18,21). The van der Waals surface area contributed by atoms with E-state index in [1.165, 1.54) is 0 Å². The third-order valence-electron chi connectivity index (χ3n) is 2.76. The first-order valence-electron chi connectivity index (χ1n) is 6.18. The highest BCUT2D eigenvalue weighted by Crippen LogP contribution is 2.16. The van der Waals surface area contributed by atoms with E-state index in [2.05, 4.69) is 31.5 Å². The minimum atomic E-state index is -1.12. The van der Waals surface area contributed by atoms with Crippen LogP contribution in [0.2, 0.25) is 0 Å². The largest absolute Gasteiger partial charge is 0.477 e. The highest BCUT2D eigenvalue weighted by Gasteiger charge is 2.15. The van der Waals surface area contributed by atoms with E-state index in [0.29, 0.717) is 12.2 Å². The number of carbonyl (C=O) groups excluding carboxylic acids is 1. The number of rotatable bonds is 4. The molecular weight excluding hydrogens is 338 g/mol. The molecule has 0 radical (unpaired) electrons. The van der Waals surface area contributed by atoms with Gasteiger partial charge in [0.05, 0.1) is 5.69 Å². The number of benzene rings is 1. The molecule has 0 fully saturated rings. The lowest BCUT2D eigenvalue weighted by molar-refractivity contribution is 0.0692. The predicted molar refractivity (Wildman–Crippen MR) is 82.5 cm³/mol. The quantitative estimate of drug-likeness (QED) is 0.681. The fourth-order valence-electron chi connectivity index (χ4n) is 1.85. The summed E-state index contributed by atoms with van der Waals surface area (Å²) in [5, 5.41) is 14.2. The average Bonchev–Trinajstić information content (AvgIpc) is 2.77. The van der Waals surface area contributed by atoms with Crippen LogP contribution < -0.4 is 10.6 Å². The lowest BCUT2D eigenvalue weighted by Crippen LogP contribution is -2.28. The Hall–Kier alpha value is -2.28. The van der Waals surface area contributed by atoms with Gasteiger partial charge in [-0.3, -0.25) is 0 Å². The first kappa shape index (κ1) is 15.1. The van der Waals surface area contributed by atoms with Crippen LogP contribution in [0.5, 0.6) is 0 Å². The van der Waals surface area contributed by atoms with E-state index in [1.807, 2.05) is 24.3 Å². The number of H-pyrrole nitrogens is 1. The molecule has 0 bridgehead atoms. The van der Waals surface area contributed by atoms with Crippen LogP contribution in [-0.4, -0.2) is 22.1 Å². The SMILES string of the molecule is Cc1cc(NC(=O)NCc2cccc(Br)c2)c(C(=O)O)[nH]1. The Morgan fingerprint density at radius 1 is 1.33 bits per heavy atom. The number of carbonyl (C=O) groups is 2. The summed E-state index contributed by atoms with van der Waals surface area (Å²) in [7, 11) is 0. The fourth-order valence-corrected chi connectivity index (χ4v) is 2.30. The Labute approximate surface area is 129 Å². The molecule has 0 aliphatic rings. The third-order valence-corrected chi connectivity index (χ3v) is 3.25. The molecule has 0 aliphatic carbocycles. The van der Waals surface area contributed by atoms with Crippen LogP contribution in [0.25, 0.3) is 0 Å². The van der Waals surface area contributed by atoms with Gasteiger partial charge in [0.15, 0.2) is 0 Å². The molecule has 1 aromatic carbocycles. The Bertz CT molecular complexity index is 682. The van der Waals surface area contributed by atoms with Crippen molar-refractivity contribution in [1.29, 1.82) is 0 Å². The van der Waals surface area contributed by atoms with Gasteiger partial charge in [0.25, 0.3) is 0 Å². The van der Waals surface area contributed by atoms with E-state index in [0.717, 1.165) is 10.0 Å². The van der Waals surface area contributed by atoms with Crippen molar-refractivity contribution in [3.05, 3.63) is 51.8 Å². The van der Waals surface area contributed by atoms with Crippen molar-refractivity contribution in [2.24, 2.45) is 0 Å². The second-order valence-corrected chi connectivity index (χ2v) is 5.40. The van der Waals surface area contributed by atoms with Crippen molar-refractivity contribution in [3.8, 4) is 0 Å². The van der Waals surface area contributed by atoms with Gasteiger partial charge in [-0.25, -0.2) is 9.59 Å². The van der Waals surface area contributed by atoms with Crippen molar-refractivity contribution in [1.82, 2.24) is 10.3 Å². The minimum absolute atomic E-state index is 0.0369. The first-order valence-corrected chi connectivity index (χ1v) is 6.97. The summed E-state index contributed by atoms with van der Waals surface area (Å²) < 4.78 is 0.927. The lowest BCUT2D eigenvalue weighted by Gasteiger charge is -2.07. The summed E-state index contributed by atoms with van der Waals surface area (Å²) in [6.07, 6.45) is 0. The summed E-state index contributed by atoms with van der Waals surface area (Å²) in [5.74, 6) is -1.12. The van der Waals surface area contributed by atoms with Crippen LogP contribution in [0, 0.1) is 6.92 Å². The van der Waals surface area contributed by atoms with Gasteiger partial charge in [-0.1, -0.05) is 28.1 Å². The number of hydrogen-bond donors (Lipinski definition) is 4. The number of urea groups is 1. The summed E-state index contributed by atoms with van der Waals surface area (Å²) in [4.78, 5) is 25.5. The molecule has 0 atom stereocenters. The molecule has 21 heavy (non-hydrogen) atoms. The Balaban J connectivity index is 1.97. The number of anilines is 1. The topological polar surface area (TPSA) is 94.2 Å². The van der Waals surface area contributed by atoms with E-state index >= 15 is 0 Å². The first-order chi connectivity index (χ1) is 9.95. The maximum absolute atomic E-state index is 11.8. The number of nitrogens with one attached hydrogen (secondary N) is 3. The highest BCUT2D eigenvalue weighted by molar-refractivity contribution is 9.10. The van der Waals surface area contributed by atoms with E-state index in [1.54, 1.807) is 13.0 Å². The van der Waals surface area contributed by atoms with Gasteiger partial charge in [-0.2, -0.15) is 0 Å². The Morgan fingerprint density at radius 3 is 2.76 bits per heavy atom. The van der Waals surface area contributed by atoms with E-state index in [-0.39, 0.29) is 11.4 Å². The van der Waals surface area contributed by atoms with Crippen molar-refractivity contribution >= 4 is 33.6 Å². The normalized spacial score (nSPS) is 10.2. The zero-order chi connectivity index (χ0) is 15.4. The van der Waals surface area contributed by atoms with Crippen LogP contribution in [0.15, 0.2) is 34.8 Å². The number of aromatic nitrogens is 1. The van der Waals surface area contributed by atoms with Gasteiger partial charge >= 0.3 is 12.0 Å².